The Hall–Kier alpha value is -6.64. The van der Waals surface area contributed by atoms with Gasteiger partial charge in [0, 0.05) is 62.6 Å². The molecular weight excluding hydrogens is 727 g/mol. The topological polar surface area (TPSA) is 138 Å². The first-order valence-corrected chi connectivity index (χ1v) is 17.5. The first-order chi connectivity index (χ1) is 26.1. The van der Waals surface area contributed by atoms with Gasteiger partial charge in [0.1, 0.15) is 11.6 Å². The summed E-state index contributed by atoms with van der Waals surface area (Å²) in [7, 11) is 0. The third kappa shape index (κ3) is 8.04. The fourth-order valence-electron chi connectivity index (χ4n) is 6.09. The summed E-state index contributed by atoms with van der Waals surface area (Å²) >= 11 is 10.6. The zero-order valence-corrected chi connectivity index (χ0v) is 30.1. The Morgan fingerprint density at radius 2 is 1.00 bits per heavy atom. The minimum absolute atomic E-state index is 0.130. The number of hydrazine groups is 2. The molecule has 0 aliphatic heterocycles. The number of H-pyrrole nitrogens is 2. The Morgan fingerprint density at radius 3 is 1.43 bits per heavy atom. The summed E-state index contributed by atoms with van der Waals surface area (Å²) in [4.78, 5) is 33.3. The summed E-state index contributed by atoms with van der Waals surface area (Å²) in [5.74, 6) is -1.88. The molecule has 0 aliphatic carbocycles. The lowest BCUT2D eigenvalue weighted by Gasteiger charge is -2.18. The van der Waals surface area contributed by atoms with Gasteiger partial charge in [0.25, 0.3) is 11.8 Å². The molecule has 10 nitrogen and oxygen atoms in total. The fraction of sp³-hybridized carbons (Fsp3) is 0.0500. The summed E-state index contributed by atoms with van der Waals surface area (Å²) < 4.78 is 26.6. The fourth-order valence-corrected chi connectivity index (χ4v) is 6.43. The maximum atomic E-state index is 13.3. The van der Waals surface area contributed by atoms with E-state index in [0.29, 0.717) is 22.5 Å². The molecule has 0 atom stereocenters. The molecule has 0 aliphatic rings. The number of hydrogen-bond acceptors (Lipinski definition) is 4. The van der Waals surface area contributed by atoms with Crippen molar-refractivity contribution in [2.24, 2.45) is 0 Å². The van der Waals surface area contributed by atoms with Crippen molar-refractivity contribution in [1.29, 1.82) is 0 Å². The third-order valence-electron chi connectivity index (χ3n) is 8.77. The molecule has 2 aromatic heterocycles. The van der Waals surface area contributed by atoms with Gasteiger partial charge in [-0.05, 0) is 133 Å². The van der Waals surface area contributed by atoms with E-state index in [2.05, 4.69) is 54.4 Å². The van der Waals surface area contributed by atoms with E-state index in [4.69, 9.17) is 24.4 Å². The van der Waals surface area contributed by atoms with E-state index in [9.17, 15) is 18.4 Å². The first-order valence-electron chi connectivity index (χ1n) is 16.7. The van der Waals surface area contributed by atoms with Crippen molar-refractivity contribution in [2.45, 2.75) is 12.8 Å². The van der Waals surface area contributed by atoms with E-state index in [0.717, 1.165) is 44.1 Å². The Kier molecular flexibility index (Phi) is 10.3. The van der Waals surface area contributed by atoms with E-state index < -0.39 is 11.8 Å². The monoisotopic (exact) mass is 758 g/mol. The van der Waals surface area contributed by atoms with Gasteiger partial charge in [-0.3, -0.25) is 31.3 Å². The maximum Gasteiger partial charge on any atom is 0.269 e. The summed E-state index contributed by atoms with van der Waals surface area (Å²) in [5.41, 5.74) is 18.1. The van der Waals surface area contributed by atoms with E-state index in [1.807, 2.05) is 55.7 Å². The molecule has 8 N–H and O–H groups in total. The molecule has 0 fully saturated rings. The van der Waals surface area contributed by atoms with Crippen LogP contribution in [0.1, 0.15) is 48.9 Å². The Labute approximate surface area is 318 Å². The van der Waals surface area contributed by atoms with Crippen LogP contribution in [0.25, 0.3) is 21.8 Å². The number of carbonyl (C=O) groups is 2. The normalized spacial score (nSPS) is 11.0. The van der Waals surface area contributed by atoms with Crippen LogP contribution in [0.5, 0.6) is 0 Å². The molecule has 0 radical (unpaired) electrons. The lowest BCUT2D eigenvalue weighted by atomic mass is 9.84. The first kappa shape index (κ1) is 35.7. The molecule has 0 saturated heterocycles. The van der Waals surface area contributed by atoms with Crippen LogP contribution in [0.3, 0.4) is 0 Å². The third-order valence-corrected chi connectivity index (χ3v) is 9.18. The average Bonchev–Trinajstić information content (AvgIpc) is 3.79. The number of aryl methyl sites for hydroxylation is 1. The molecule has 7 rings (SSSR count). The number of halogens is 2. The number of carbonyl (C=O) groups excluding carboxylic acids is 2. The van der Waals surface area contributed by atoms with Crippen molar-refractivity contribution in [1.82, 2.24) is 31.7 Å². The van der Waals surface area contributed by atoms with Crippen molar-refractivity contribution in [3.63, 3.8) is 0 Å². The number of rotatable bonds is 7. The molecule has 0 spiro atoms. The molecule has 2 amide bonds. The van der Waals surface area contributed by atoms with Gasteiger partial charge < -0.3 is 20.6 Å². The molecule has 0 unspecified atom stereocenters. The van der Waals surface area contributed by atoms with E-state index in [-0.39, 0.29) is 27.8 Å². The van der Waals surface area contributed by atoms with Crippen molar-refractivity contribution < 1.29 is 18.4 Å². The highest BCUT2D eigenvalue weighted by molar-refractivity contribution is 7.80. The second-order valence-electron chi connectivity index (χ2n) is 12.4. The van der Waals surface area contributed by atoms with Crippen LogP contribution in [0.2, 0.25) is 0 Å². The van der Waals surface area contributed by atoms with Gasteiger partial charge >= 0.3 is 0 Å². The van der Waals surface area contributed by atoms with Gasteiger partial charge in [-0.15, -0.1) is 0 Å². The van der Waals surface area contributed by atoms with Gasteiger partial charge in [0.2, 0.25) is 0 Å². The van der Waals surface area contributed by atoms with Gasteiger partial charge in [-0.2, -0.15) is 0 Å². The van der Waals surface area contributed by atoms with Gasteiger partial charge in [0.05, 0.1) is 0 Å². The van der Waals surface area contributed by atoms with E-state index in [1.165, 1.54) is 48.5 Å². The Morgan fingerprint density at radius 1 is 0.574 bits per heavy atom. The second kappa shape index (κ2) is 15.5. The molecule has 0 saturated carbocycles. The highest BCUT2D eigenvalue weighted by atomic mass is 32.1. The average molecular weight is 759 g/mol. The molecule has 270 valence electrons. The number of hydrogen-bond donors (Lipinski definition) is 8. The van der Waals surface area contributed by atoms with E-state index in [1.54, 1.807) is 12.1 Å². The summed E-state index contributed by atoms with van der Waals surface area (Å²) in [5, 5.41) is 7.71. The van der Waals surface area contributed by atoms with Crippen molar-refractivity contribution in [3.8, 4) is 0 Å². The Balaban J connectivity index is 1.15. The number of thiocarbonyl (C=S) groups is 2. The number of fused-ring (bicyclic) bond motifs is 2. The standard InChI is InChI=1S/C40H32F2N8O2S2/c1-22-2-4-23(5-3-22)36(32-20-43-34-16-6-24(18-30(32)34)37(51)47-49-39(53)45-28-12-8-26(41)9-13-28)33-21-44-35-17-7-25(19-31(33)35)38(52)48-50-40(54)46-29-14-10-27(42)11-15-29/h2-21,36,43-44H,1H3,(H,47,51)(H,48,52)(H2,45,49,53)(H2,46,50,54). The van der Waals surface area contributed by atoms with Crippen molar-refractivity contribution in [3.05, 3.63) is 167 Å². The Bertz CT molecular complexity index is 2360. The van der Waals surface area contributed by atoms with Crippen LogP contribution in [-0.2, 0) is 0 Å². The smallest absolute Gasteiger partial charge is 0.269 e. The van der Waals surface area contributed by atoms with Crippen molar-refractivity contribution >= 4 is 79.7 Å². The number of amides is 2. The zero-order valence-electron chi connectivity index (χ0n) is 28.5. The minimum atomic E-state index is -0.414. The maximum absolute atomic E-state index is 13.3. The number of aromatic nitrogens is 2. The van der Waals surface area contributed by atoms with Crippen LogP contribution < -0.4 is 32.3 Å². The predicted molar refractivity (Wildman–Crippen MR) is 215 cm³/mol. The van der Waals surface area contributed by atoms with Crippen molar-refractivity contribution in [2.75, 3.05) is 10.6 Å². The minimum Gasteiger partial charge on any atom is -0.361 e. The van der Waals surface area contributed by atoms with Crippen LogP contribution >= 0.6 is 24.4 Å². The molecule has 7 aromatic rings. The molecule has 5 aromatic carbocycles. The number of aromatic amines is 2. The number of nitrogens with one attached hydrogen (secondary N) is 8. The van der Waals surface area contributed by atoms with Crippen LogP contribution in [0.4, 0.5) is 20.2 Å². The van der Waals surface area contributed by atoms with Gasteiger partial charge in [-0.25, -0.2) is 8.78 Å². The molecule has 54 heavy (non-hydrogen) atoms. The number of benzene rings is 5. The van der Waals surface area contributed by atoms with Gasteiger partial charge in [0.15, 0.2) is 10.2 Å². The van der Waals surface area contributed by atoms with Gasteiger partial charge in [-0.1, -0.05) is 29.8 Å². The molecule has 14 heteroatoms. The van der Waals surface area contributed by atoms with Crippen LogP contribution in [-0.4, -0.2) is 32.0 Å². The summed E-state index contributed by atoms with van der Waals surface area (Å²) in [6, 6.07) is 30.3. The van der Waals surface area contributed by atoms with Crippen LogP contribution in [0, 0.1) is 18.6 Å². The largest absolute Gasteiger partial charge is 0.361 e. The summed E-state index contributed by atoms with van der Waals surface area (Å²) in [6.45, 7) is 2.02. The molecule has 2 heterocycles. The quantitative estimate of drug-likeness (QED) is 0.0613. The van der Waals surface area contributed by atoms with E-state index >= 15 is 0 Å². The lowest BCUT2D eigenvalue weighted by Crippen LogP contribution is -2.43. The highest BCUT2D eigenvalue weighted by Crippen LogP contribution is 2.40. The number of anilines is 2. The lowest BCUT2D eigenvalue weighted by molar-refractivity contribution is 0.0936. The molecule has 0 bridgehead atoms. The zero-order chi connectivity index (χ0) is 37.8. The van der Waals surface area contributed by atoms with Crippen LogP contribution in [0.15, 0.2) is 122 Å². The molecular formula is C40H32F2N8O2S2. The predicted octanol–water partition coefficient (Wildman–Crippen LogP) is 7.68. The highest BCUT2D eigenvalue weighted by Gasteiger charge is 2.25. The summed E-state index contributed by atoms with van der Waals surface area (Å²) in [6.07, 6.45) is 3.87. The second-order valence-corrected chi connectivity index (χ2v) is 13.2. The SMILES string of the molecule is Cc1ccc(C(c2c[nH]c3ccc(C(=O)NNC(=S)Nc4ccc(F)cc4)cc23)c2c[nH]c3ccc(C(=O)NNC(=S)Nc4ccc(F)cc4)cc23)cc1.